The minimum atomic E-state index is -0.330. The molecule has 2 saturated heterocycles. The van der Waals surface area contributed by atoms with Gasteiger partial charge in [-0.05, 0) is 52.5 Å². The van der Waals surface area contributed by atoms with E-state index >= 15 is 0 Å². The van der Waals surface area contributed by atoms with Gasteiger partial charge < -0.3 is 10.2 Å². The Labute approximate surface area is 130 Å². The first-order valence-electron chi connectivity index (χ1n) is 8.05. The third-order valence-corrected chi connectivity index (χ3v) is 5.98. The summed E-state index contributed by atoms with van der Waals surface area (Å²) in [6.07, 6.45) is 5.42. The number of aryl methyl sites for hydroxylation is 1. The lowest BCUT2D eigenvalue weighted by Crippen LogP contribution is -2.59. The highest BCUT2D eigenvalue weighted by atomic mass is 32.1. The molecule has 1 atom stereocenters. The van der Waals surface area contributed by atoms with E-state index < -0.39 is 0 Å². The molecule has 1 aromatic heterocycles. The van der Waals surface area contributed by atoms with Crippen LogP contribution < -0.4 is 5.32 Å². The number of hydrogen-bond donors (Lipinski definition) is 1. The molecule has 2 aliphatic rings. The first-order chi connectivity index (χ1) is 10.1. The molecule has 0 bridgehead atoms. The average molecular weight is 307 g/mol. The summed E-state index contributed by atoms with van der Waals surface area (Å²) in [5, 5.41) is 6.81. The van der Waals surface area contributed by atoms with Crippen LogP contribution >= 0.6 is 11.3 Å². The summed E-state index contributed by atoms with van der Waals surface area (Å²) in [6.45, 7) is 6.84. The summed E-state index contributed by atoms with van der Waals surface area (Å²) in [5.41, 5.74) is 0.787. The highest BCUT2D eigenvalue weighted by Gasteiger charge is 2.38. The van der Waals surface area contributed by atoms with Gasteiger partial charge in [-0.15, -0.1) is 11.3 Å². The molecule has 1 aromatic rings. The van der Waals surface area contributed by atoms with Gasteiger partial charge in [0.05, 0.1) is 10.5 Å². The van der Waals surface area contributed by atoms with E-state index in [0.717, 1.165) is 51.0 Å². The van der Waals surface area contributed by atoms with E-state index in [2.05, 4.69) is 27.5 Å². The Kier molecular flexibility index (Phi) is 4.31. The van der Waals surface area contributed by atoms with Crippen molar-refractivity contribution in [2.24, 2.45) is 0 Å². The number of nitrogens with zero attached hydrogens (tertiary/aromatic N) is 2. The van der Waals surface area contributed by atoms with E-state index in [9.17, 15) is 4.79 Å². The van der Waals surface area contributed by atoms with Crippen LogP contribution in [0.1, 0.15) is 55.6 Å². The number of nitrogens with one attached hydrogen (secondary N) is 1. The van der Waals surface area contributed by atoms with Gasteiger partial charge >= 0.3 is 0 Å². The molecule has 0 radical (unpaired) electrons. The fraction of sp³-hybridized carbons (Fsp3) is 0.750. The Bertz CT molecular complexity index is 499. The minimum absolute atomic E-state index is 0.302. The number of thiazole rings is 1. The molecule has 21 heavy (non-hydrogen) atoms. The predicted molar refractivity (Wildman–Crippen MR) is 85.7 cm³/mol. The highest BCUT2D eigenvalue weighted by molar-refractivity contribution is 7.09. The zero-order valence-electron chi connectivity index (χ0n) is 13.0. The van der Waals surface area contributed by atoms with Gasteiger partial charge in [0.2, 0.25) is 5.91 Å². The standard InChI is InChI=1S/C16H25N3OS/c1-12-11-21-14(18-12)13-5-9-19(10-6-13)15(20)16(2)7-3-4-8-17-16/h11,13,17H,3-10H2,1-2H3. The molecule has 0 aromatic carbocycles. The second-order valence-corrected chi connectivity index (χ2v) is 7.50. The smallest absolute Gasteiger partial charge is 0.242 e. The maximum Gasteiger partial charge on any atom is 0.242 e. The van der Waals surface area contributed by atoms with Gasteiger partial charge in [-0.1, -0.05) is 0 Å². The van der Waals surface area contributed by atoms with E-state index in [-0.39, 0.29) is 5.54 Å². The maximum absolute atomic E-state index is 12.8. The summed E-state index contributed by atoms with van der Waals surface area (Å²) in [4.78, 5) is 19.4. The predicted octanol–water partition coefficient (Wildman–Crippen LogP) is 2.69. The van der Waals surface area contributed by atoms with Crippen molar-refractivity contribution in [3.63, 3.8) is 0 Å². The van der Waals surface area contributed by atoms with Crippen molar-refractivity contribution in [1.82, 2.24) is 15.2 Å². The van der Waals surface area contributed by atoms with Crippen LogP contribution in [-0.2, 0) is 4.79 Å². The molecule has 116 valence electrons. The molecule has 0 saturated carbocycles. The number of amides is 1. The van der Waals surface area contributed by atoms with Crippen molar-refractivity contribution in [2.45, 2.75) is 57.4 Å². The topological polar surface area (TPSA) is 45.2 Å². The van der Waals surface area contributed by atoms with Gasteiger partial charge in [-0.3, -0.25) is 4.79 Å². The number of piperidine rings is 2. The van der Waals surface area contributed by atoms with Gasteiger partial charge in [0.15, 0.2) is 0 Å². The molecule has 3 heterocycles. The lowest BCUT2D eigenvalue weighted by Gasteiger charge is -2.40. The summed E-state index contributed by atoms with van der Waals surface area (Å²) in [5.74, 6) is 0.843. The highest BCUT2D eigenvalue weighted by Crippen LogP contribution is 2.31. The molecule has 1 amide bonds. The van der Waals surface area contributed by atoms with Gasteiger partial charge in [0.1, 0.15) is 0 Å². The molecule has 1 N–H and O–H groups in total. The zero-order chi connectivity index (χ0) is 14.9. The third-order valence-electron chi connectivity index (χ3n) is 4.86. The maximum atomic E-state index is 12.8. The normalized spacial score (nSPS) is 27.8. The second kappa shape index (κ2) is 6.05. The summed E-state index contributed by atoms with van der Waals surface area (Å²) < 4.78 is 0. The molecule has 2 fully saturated rings. The molecule has 0 aliphatic carbocycles. The summed E-state index contributed by atoms with van der Waals surface area (Å²) in [7, 11) is 0. The quantitative estimate of drug-likeness (QED) is 0.913. The Morgan fingerprint density at radius 2 is 2.19 bits per heavy atom. The van der Waals surface area contributed by atoms with Crippen LogP contribution in [0.5, 0.6) is 0 Å². The lowest BCUT2D eigenvalue weighted by atomic mass is 9.88. The van der Waals surface area contributed by atoms with E-state index in [4.69, 9.17) is 0 Å². The van der Waals surface area contributed by atoms with Crippen molar-refractivity contribution in [3.05, 3.63) is 16.1 Å². The molecular weight excluding hydrogens is 282 g/mol. The lowest BCUT2D eigenvalue weighted by molar-refractivity contribution is -0.139. The number of aromatic nitrogens is 1. The van der Waals surface area contributed by atoms with Crippen LogP contribution in [0.15, 0.2) is 5.38 Å². The van der Waals surface area contributed by atoms with Crippen molar-refractivity contribution in [1.29, 1.82) is 0 Å². The number of likely N-dealkylation sites (tertiary alicyclic amines) is 1. The molecule has 3 rings (SSSR count). The van der Waals surface area contributed by atoms with Gasteiger partial charge in [0, 0.05) is 30.1 Å². The molecule has 0 spiro atoms. The molecule has 5 heteroatoms. The van der Waals surface area contributed by atoms with E-state index in [1.54, 1.807) is 11.3 Å². The zero-order valence-corrected chi connectivity index (χ0v) is 13.8. The first kappa shape index (κ1) is 15.0. The van der Waals surface area contributed by atoms with Gasteiger partial charge in [0.25, 0.3) is 0 Å². The summed E-state index contributed by atoms with van der Waals surface area (Å²) in [6, 6.07) is 0. The van der Waals surface area contributed by atoms with Crippen LogP contribution in [0, 0.1) is 6.92 Å². The SMILES string of the molecule is Cc1csc(C2CCN(C(=O)C3(C)CCCCN3)CC2)n1. The number of carbonyl (C=O) groups is 1. The van der Waals surface area contributed by atoms with Crippen LogP contribution in [0.4, 0.5) is 0 Å². The Morgan fingerprint density at radius 1 is 1.43 bits per heavy atom. The fourth-order valence-electron chi connectivity index (χ4n) is 3.48. The van der Waals surface area contributed by atoms with Crippen molar-refractivity contribution >= 4 is 17.2 Å². The first-order valence-corrected chi connectivity index (χ1v) is 8.93. The van der Waals surface area contributed by atoms with Crippen molar-refractivity contribution in [2.75, 3.05) is 19.6 Å². The van der Waals surface area contributed by atoms with Gasteiger partial charge in [-0.2, -0.15) is 0 Å². The monoisotopic (exact) mass is 307 g/mol. The minimum Gasteiger partial charge on any atom is -0.341 e. The van der Waals surface area contributed by atoms with Crippen LogP contribution in [0.3, 0.4) is 0 Å². The number of rotatable bonds is 2. The Morgan fingerprint density at radius 3 is 2.76 bits per heavy atom. The van der Waals surface area contributed by atoms with Crippen molar-refractivity contribution < 1.29 is 4.79 Å². The molecule has 4 nitrogen and oxygen atoms in total. The van der Waals surface area contributed by atoms with E-state index in [0.29, 0.717) is 11.8 Å². The Hall–Kier alpha value is -0.940. The van der Waals surface area contributed by atoms with Crippen LogP contribution in [0.25, 0.3) is 0 Å². The second-order valence-electron chi connectivity index (χ2n) is 6.61. The average Bonchev–Trinajstić information content (AvgIpc) is 2.94. The molecule has 2 aliphatic heterocycles. The largest absolute Gasteiger partial charge is 0.341 e. The van der Waals surface area contributed by atoms with Crippen LogP contribution in [0.2, 0.25) is 0 Å². The van der Waals surface area contributed by atoms with Gasteiger partial charge in [-0.25, -0.2) is 4.98 Å². The summed E-state index contributed by atoms with van der Waals surface area (Å²) >= 11 is 1.77. The Balaban J connectivity index is 1.59. The van der Waals surface area contributed by atoms with E-state index in [1.807, 2.05) is 6.92 Å². The molecule has 1 unspecified atom stereocenters. The third kappa shape index (κ3) is 3.14. The van der Waals surface area contributed by atoms with Crippen molar-refractivity contribution in [3.8, 4) is 0 Å². The number of hydrogen-bond acceptors (Lipinski definition) is 4. The van der Waals surface area contributed by atoms with E-state index in [1.165, 1.54) is 11.4 Å². The fourth-order valence-corrected chi connectivity index (χ4v) is 4.45. The molecular formula is C16H25N3OS. The van der Waals surface area contributed by atoms with Crippen LogP contribution in [-0.4, -0.2) is 41.0 Å². The number of carbonyl (C=O) groups excluding carboxylic acids is 1.